The maximum atomic E-state index is 13.6. The van der Waals surface area contributed by atoms with Gasteiger partial charge >= 0.3 is 0 Å². The fourth-order valence-corrected chi connectivity index (χ4v) is 5.45. The molecule has 0 unspecified atom stereocenters. The Hall–Kier alpha value is -5.33. The van der Waals surface area contributed by atoms with E-state index in [2.05, 4.69) is 20.7 Å². The van der Waals surface area contributed by atoms with Gasteiger partial charge in [0.1, 0.15) is 28.9 Å². The van der Waals surface area contributed by atoms with Crippen molar-refractivity contribution in [1.29, 1.82) is 0 Å². The zero-order valence-electron chi connectivity index (χ0n) is 24.5. The summed E-state index contributed by atoms with van der Waals surface area (Å²) in [6, 6.07) is 11.3. The Morgan fingerprint density at radius 3 is 2.75 bits per heavy atom. The van der Waals surface area contributed by atoms with Gasteiger partial charge in [0.25, 0.3) is 23.3 Å². The van der Waals surface area contributed by atoms with Gasteiger partial charge in [-0.25, -0.2) is 9.50 Å². The van der Waals surface area contributed by atoms with Gasteiger partial charge in [0, 0.05) is 61.2 Å². The van der Waals surface area contributed by atoms with E-state index >= 15 is 0 Å². The normalized spacial score (nSPS) is 18.8. The van der Waals surface area contributed by atoms with Crippen molar-refractivity contribution < 1.29 is 28.6 Å². The van der Waals surface area contributed by atoms with E-state index in [0.717, 1.165) is 16.8 Å². The zero-order chi connectivity index (χ0) is 31.0. The van der Waals surface area contributed by atoms with Gasteiger partial charge in [-0.1, -0.05) is 6.07 Å². The van der Waals surface area contributed by atoms with Gasteiger partial charge in [0.2, 0.25) is 0 Å². The molecule has 13 heteroatoms. The van der Waals surface area contributed by atoms with Crippen LogP contribution in [0.3, 0.4) is 0 Å². The highest BCUT2D eigenvalue weighted by molar-refractivity contribution is 5.96. The highest BCUT2D eigenvalue weighted by Gasteiger charge is 2.36. The molecule has 7 rings (SSSR count). The number of likely N-dealkylation sites (tertiary alicyclic amines) is 1. The van der Waals surface area contributed by atoms with Crippen molar-refractivity contribution in [2.75, 3.05) is 26.8 Å². The molecule has 0 saturated carbocycles. The van der Waals surface area contributed by atoms with Crippen molar-refractivity contribution in [2.24, 2.45) is 0 Å². The fourth-order valence-electron chi connectivity index (χ4n) is 5.45. The number of piperidine rings is 1. The number of benzene rings is 2. The van der Waals surface area contributed by atoms with Crippen molar-refractivity contribution >= 4 is 23.4 Å². The molecule has 5 heterocycles. The van der Waals surface area contributed by atoms with Gasteiger partial charge in [-0.15, -0.1) is 0 Å². The number of rotatable bonds is 2. The predicted molar refractivity (Wildman–Crippen MR) is 158 cm³/mol. The van der Waals surface area contributed by atoms with E-state index < -0.39 is 29.5 Å². The number of hydrogen-bond donors (Lipinski definition) is 3. The monoisotopic (exact) mass is 600 g/mol. The van der Waals surface area contributed by atoms with Crippen LogP contribution in [0, 0.1) is 13.8 Å². The van der Waals surface area contributed by atoms with Gasteiger partial charge in [0.05, 0.1) is 13.2 Å². The minimum Gasteiger partial charge on any atom is -0.496 e. The van der Waals surface area contributed by atoms with E-state index in [-0.39, 0.29) is 37.7 Å². The number of methoxy groups -OCH3 is 1. The Labute approximate surface area is 252 Å². The molecule has 3 aliphatic heterocycles. The van der Waals surface area contributed by atoms with Gasteiger partial charge in [-0.05, 0) is 43.7 Å². The molecule has 13 nitrogen and oxygen atoms in total. The third kappa shape index (κ3) is 5.68. The quantitative estimate of drug-likeness (QED) is 0.314. The molecule has 44 heavy (non-hydrogen) atoms. The number of nitrogens with one attached hydrogen (secondary N) is 3. The molecule has 0 aliphatic carbocycles. The molecule has 228 valence electrons. The SMILES string of the molecule is COc1cc2ccc1CNC(=O)COc1cc(ccc1C)C(=O)N[C@H]1CN(C(=O)c3cnc4cc(C)[nH]n4c3=O)CC[C@H]1O2. The molecular formula is C31H32N6O7. The standard InChI is InChI=1S/C31H32N6O7/c1-17-4-5-19-11-25(17)43-16-28(38)33-13-20-6-7-21(12-26(20)42-3)44-24-8-9-36(15-23(24)34-29(19)39)30(40)22-14-32-27-10-18(2)35-37(27)31(22)41/h4-7,10-12,14,23-24,35H,8-9,13,15-16H2,1-3H3,(H,33,38)(H,34,39)/t23-,24+/m0/s1. The molecule has 2 aromatic heterocycles. The summed E-state index contributed by atoms with van der Waals surface area (Å²) in [4.78, 5) is 58.6. The van der Waals surface area contributed by atoms with Gasteiger partial charge < -0.3 is 29.7 Å². The molecule has 1 fully saturated rings. The Balaban J connectivity index is 1.33. The number of aromatic nitrogens is 3. The summed E-state index contributed by atoms with van der Waals surface area (Å²) >= 11 is 0. The number of H-pyrrole nitrogens is 1. The van der Waals surface area contributed by atoms with Crippen molar-refractivity contribution in [3.05, 3.63) is 87.0 Å². The maximum absolute atomic E-state index is 13.6. The number of amides is 3. The van der Waals surface area contributed by atoms with Gasteiger partial charge in [-0.2, -0.15) is 0 Å². The van der Waals surface area contributed by atoms with Crippen LogP contribution in [0.1, 0.15) is 44.0 Å². The van der Waals surface area contributed by atoms with E-state index in [0.29, 0.717) is 34.9 Å². The summed E-state index contributed by atoms with van der Waals surface area (Å²) in [5.74, 6) is 0.189. The number of aromatic amines is 1. The highest BCUT2D eigenvalue weighted by Crippen LogP contribution is 2.28. The molecule has 0 spiro atoms. The molecule has 3 amide bonds. The lowest BCUT2D eigenvalue weighted by molar-refractivity contribution is -0.123. The summed E-state index contributed by atoms with van der Waals surface area (Å²) in [6.45, 7) is 3.97. The van der Waals surface area contributed by atoms with Crippen LogP contribution in [0.25, 0.3) is 5.65 Å². The molecule has 1 saturated heterocycles. The third-order valence-corrected chi connectivity index (χ3v) is 7.84. The first-order valence-electron chi connectivity index (χ1n) is 14.2. The maximum Gasteiger partial charge on any atom is 0.285 e. The van der Waals surface area contributed by atoms with Gasteiger partial charge in [0.15, 0.2) is 12.3 Å². The molecular weight excluding hydrogens is 568 g/mol. The molecule has 4 bridgehead atoms. The van der Waals surface area contributed by atoms with Crippen LogP contribution in [0.2, 0.25) is 0 Å². The summed E-state index contributed by atoms with van der Waals surface area (Å²) in [5, 5.41) is 8.75. The van der Waals surface area contributed by atoms with E-state index in [4.69, 9.17) is 14.2 Å². The lowest BCUT2D eigenvalue weighted by Gasteiger charge is -2.38. The fraction of sp³-hybridized carbons (Fsp3) is 0.323. The first kappa shape index (κ1) is 28.8. The minimum absolute atomic E-state index is 0.0804. The number of carbonyl (C=O) groups excluding carboxylic acids is 3. The second kappa shape index (κ2) is 11.7. The Bertz CT molecular complexity index is 1830. The van der Waals surface area contributed by atoms with E-state index in [1.807, 2.05) is 6.92 Å². The Kier molecular flexibility index (Phi) is 7.68. The zero-order valence-corrected chi connectivity index (χ0v) is 24.5. The number of hydrogen-bond acceptors (Lipinski definition) is 8. The summed E-state index contributed by atoms with van der Waals surface area (Å²) in [7, 11) is 1.53. The smallest absolute Gasteiger partial charge is 0.285 e. The van der Waals surface area contributed by atoms with E-state index in [9.17, 15) is 19.2 Å². The largest absolute Gasteiger partial charge is 0.496 e. The molecule has 2 aromatic carbocycles. The molecule has 4 aromatic rings. The van der Waals surface area contributed by atoms with E-state index in [1.165, 1.54) is 22.7 Å². The highest BCUT2D eigenvalue weighted by atomic mass is 16.5. The van der Waals surface area contributed by atoms with Crippen molar-refractivity contribution in [3.8, 4) is 17.2 Å². The molecule has 2 atom stereocenters. The lowest BCUT2D eigenvalue weighted by atomic mass is 10.00. The second-order valence-corrected chi connectivity index (χ2v) is 10.9. The number of fused-ring (bicyclic) bond motifs is 8. The van der Waals surface area contributed by atoms with Crippen molar-refractivity contribution in [3.63, 3.8) is 0 Å². The number of aryl methyl sites for hydroxylation is 2. The van der Waals surface area contributed by atoms with Crippen LogP contribution in [0.4, 0.5) is 0 Å². The first-order chi connectivity index (χ1) is 21.2. The van der Waals surface area contributed by atoms with E-state index in [1.54, 1.807) is 49.4 Å². The number of ether oxygens (including phenoxy) is 3. The second-order valence-electron chi connectivity index (χ2n) is 10.9. The predicted octanol–water partition coefficient (Wildman–Crippen LogP) is 1.75. The molecule has 3 aliphatic rings. The van der Waals surface area contributed by atoms with Crippen LogP contribution in [-0.2, 0) is 11.3 Å². The van der Waals surface area contributed by atoms with Crippen LogP contribution >= 0.6 is 0 Å². The molecule has 3 N–H and O–H groups in total. The lowest BCUT2D eigenvalue weighted by Crippen LogP contribution is -2.58. The van der Waals surface area contributed by atoms with Crippen LogP contribution in [0.15, 0.2) is 53.5 Å². The van der Waals surface area contributed by atoms with Crippen LogP contribution < -0.4 is 30.4 Å². The third-order valence-electron chi connectivity index (χ3n) is 7.84. The van der Waals surface area contributed by atoms with Crippen LogP contribution in [0.5, 0.6) is 17.2 Å². The minimum atomic E-state index is -0.636. The van der Waals surface area contributed by atoms with Crippen molar-refractivity contribution in [1.82, 2.24) is 30.1 Å². The average molecular weight is 601 g/mol. The van der Waals surface area contributed by atoms with Crippen molar-refractivity contribution in [2.45, 2.75) is 39.0 Å². The number of nitrogens with zero attached hydrogens (tertiary/aromatic N) is 3. The topological polar surface area (TPSA) is 156 Å². The summed E-state index contributed by atoms with van der Waals surface area (Å²) < 4.78 is 18.9. The Morgan fingerprint density at radius 1 is 1.09 bits per heavy atom. The Morgan fingerprint density at radius 2 is 1.93 bits per heavy atom. The first-order valence-corrected chi connectivity index (χ1v) is 14.2. The molecule has 0 radical (unpaired) electrons. The summed E-state index contributed by atoms with van der Waals surface area (Å²) in [6.07, 6.45) is 1.15. The number of carbonyl (C=O) groups is 3. The summed E-state index contributed by atoms with van der Waals surface area (Å²) in [5.41, 5.74) is 2.39. The van der Waals surface area contributed by atoms with Crippen LogP contribution in [-0.4, -0.2) is 76.2 Å². The average Bonchev–Trinajstić information content (AvgIpc) is 3.41. The van der Waals surface area contributed by atoms with Gasteiger partial charge in [-0.3, -0.25) is 24.3 Å².